The number of piperazine rings is 1. The molecular weight excluding hydrogens is 278 g/mol. The highest BCUT2D eigenvalue weighted by Crippen LogP contribution is 2.08. The molecule has 2 aromatic rings. The third-order valence-corrected chi connectivity index (χ3v) is 4.36. The topological polar surface area (TPSA) is 45.5 Å². The fourth-order valence-corrected chi connectivity index (χ4v) is 2.91. The Balaban J connectivity index is 1.75. The van der Waals surface area contributed by atoms with Crippen LogP contribution in [0.2, 0.25) is 0 Å². The summed E-state index contributed by atoms with van der Waals surface area (Å²) in [6.07, 6.45) is 1.71. The molecule has 1 aliphatic heterocycles. The predicted molar refractivity (Wildman–Crippen MR) is 86.9 cm³/mol. The van der Waals surface area contributed by atoms with Gasteiger partial charge in [0.1, 0.15) is 6.54 Å². The largest absolute Gasteiger partial charge is 0.339 e. The molecule has 1 saturated heterocycles. The molecule has 0 bridgehead atoms. The summed E-state index contributed by atoms with van der Waals surface area (Å²) in [5.74, 6) is 0.0214. The van der Waals surface area contributed by atoms with E-state index in [1.807, 2.05) is 29.2 Å². The second-order valence-corrected chi connectivity index (χ2v) is 5.65. The second kappa shape index (κ2) is 6.32. The predicted octanol–water partition coefficient (Wildman–Crippen LogP) is 1.17. The van der Waals surface area contributed by atoms with Gasteiger partial charge < -0.3 is 14.4 Å². The Kier molecular flexibility index (Phi) is 4.24. The molecule has 0 N–H and O–H groups in total. The number of likely N-dealkylation sites (N-methyl/N-ethyl adjacent to an activating group) is 1. The van der Waals surface area contributed by atoms with Crippen molar-refractivity contribution in [2.45, 2.75) is 13.5 Å². The zero-order chi connectivity index (χ0) is 15.5. The van der Waals surface area contributed by atoms with Gasteiger partial charge in [0.05, 0.1) is 0 Å². The van der Waals surface area contributed by atoms with Crippen LogP contribution in [0.25, 0.3) is 10.8 Å². The summed E-state index contributed by atoms with van der Waals surface area (Å²) in [7, 11) is 0. The standard InChI is InChI=1S/C17H21N3O2/c1-2-18-9-11-19(12-10-18)16(21)13-20-8-7-14-5-3-4-6-15(14)17(20)22/h3-8H,2,9-13H2,1H3. The van der Waals surface area contributed by atoms with E-state index in [-0.39, 0.29) is 18.0 Å². The van der Waals surface area contributed by atoms with E-state index in [0.29, 0.717) is 5.39 Å². The van der Waals surface area contributed by atoms with Crippen LogP contribution in [0.15, 0.2) is 41.3 Å². The quantitative estimate of drug-likeness (QED) is 0.854. The maximum atomic E-state index is 12.4. The molecule has 22 heavy (non-hydrogen) atoms. The second-order valence-electron chi connectivity index (χ2n) is 5.65. The molecule has 1 aromatic heterocycles. The van der Waals surface area contributed by atoms with Crippen LogP contribution in [0.5, 0.6) is 0 Å². The molecule has 1 fully saturated rings. The molecule has 116 valence electrons. The van der Waals surface area contributed by atoms with Crippen LogP contribution in [-0.2, 0) is 11.3 Å². The van der Waals surface area contributed by atoms with E-state index >= 15 is 0 Å². The van der Waals surface area contributed by atoms with Crippen LogP contribution >= 0.6 is 0 Å². The molecule has 0 spiro atoms. The van der Waals surface area contributed by atoms with E-state index in [1.54, 1.807) is 12.3 Å². The van der Waals surface area contributed by atoms with Crippen LogP contribution in [-0.4, -0.2) is 53.0 Å². The van der Waals surface area contributed by atoms with Gasteiger partial charge in [-0.2, -0.15) is 0 Å². The Hall–Kier alpha value is -2.14. The average molecular weight is 299 g/mol. The van der Waals surface area contributed by atoms with Gasteiger partial charge in [-0.3, -0.25) is 9.59 Å². The number of hydrogen-bond donors (Lipinski definition) is 0. The summed E-state index contributed by atoms with van der Waals surface area (Å²) in [6, 6.07) is 9.36. The molecule has 0 saturated carbocycles. The minimum absolute atomic E-state index is 0.0214. The van der Waals surface area contributed by atoms with E-state index in [9.17, 15) is 9.59 Å². The van der Waals surface area contributed by atoms with Crippen molar-refractivity contribution in [1.29, 1.82) is 0 Å². The third kappa shape index (κ3) is 2.90. The molecule has 0 unspecified atom stereocenters. The highest BCUT2D eigenvalue weighted by atomic mass is 16.2. The SMILES string of the molecule is CCN1CCN(C(=O)Cn2ccc3ccccc3c2=O)CC1. The van der Waals surface area contributed by atoms with Crippen LogP contribution in [0.3, 0.4) is 0 Å². The molecule has 0 aliphatic carbocycles. The lowest BCUT2D eigenvalue weighted by molar-refractivity contribution is -0.133. The number of nitrogens with zero attached hydrogens (tertiary/aromatic N) is 3. The fourth-order valence-electron chi connectivity index (χ4n) is 2.91. The van der Waals surface area contributed by atoms with Crippen molar-refractivity contribution in [2.75, 3.05) is 32.7 Å². The molecule has 1 aromatic carbocycles. The van der Waals surface area contributed by atoms with Crippen molar-refractivity contribution in [1.82, 2.24) is 14.4 Å². The molecule has 1 amide bonds. The molecule has 5 heteroatoms. The van der Waals surface area contributed by atoms with Gasteiger partial charge in [0.2, 0.25) is 5.91 Å². The number of carbonyl (C=O) groups excluding carboxylic acids is 1. The van der Waals surface area contributed by atoms with Gasteiger partial charge in [0.15, 0.2) is 0 Å². The maximum Gasteiger partial charge on any atom is 0.258 e. The van der Waals surface area contributed by atoms with E-state index in [2.05, 4.69) is 11.8 Å². The lowest BCUT2D eigenvalue weighted by Gasteiger charge is -2.34. The molecule has 0 radical (unpaired) electrons. The first-order valence-corrected chi connectivity index (χ1v) is 7.77. The summed E-state index contributed by atoms with van der Waals surface area (Å²) < 4.78 is 1.51. The van der Waals surface area contributed by atoms with Gasteiger partial charge in [-0.1, -0.05) is 25.1 Å². The Labute approximate surface area is 129 Å². The van der Waals surface area contributed by atoms with E-state index in [1.165, 1.54) is 4.57 Å². The first-order valence-electron chi connectivity index (χ1n) is 7.77. The molecule has 2 heterocycles. The summed E-state index contributed by atoms with van der Waals surface area (Å²) >= 11 is 0. The van der Waals surface area contributed by atoms with Gasteiger partial charge >= 0.3 is 0 Å². The summed E-state index contributed by atoms with van der Waals surface area (Å²) in [6.45, 7) is 6.59. The highest BCUT2D eigenvalue weighted by molar-refractivity contribution is 5.82. The van der Waals surface area contributed by atoms with Crippen molar-refractivity contribution >= 4 is 16.7 Å². The van der Waals surface area contributed by atoms with Crippen molar-refractivity contribution < 1.29 is 4.79 Å². The molecule has 1 aliphatic rings. The lowest BCUT2D eigenvalue weighted by atomic mass is 10.2. The normalized spacial score (nSPS) is 16.1. The number of hydrogen-bond acceptors (Lipinski definition) is 3. The fraction of sp³-hybridized carbons (Fsp3) is 0.412. The summed E-state index contributed by atoms with van der Waals surface area (Å²) in [5.41, 5.74) is -0.0985. The Morgan fingerprint density at radius 3 is 2.55 bits per heavy atom. The molecule has 0 atom stereocenters. The number of rotatable bonds is 3. The lowest BCUT2D eigenvalue weighted by Crippen LogP contribution is -2.49. The van der Waals surface area contributed by atoms with Crippen molar-refractivity contribution in [2.24, 2.45) is 0 Å². The van der Waals surface area contributed by atoms with E-state index < -0.39 is 0 Å². The molecule has 3 rings (SSSR count). The first-order chi connectivity index (χ1) is 10.7. The highest BCUT2D eigenvalue weighted by Gasteiger charge is 2.20. The minimum Gasteiger partial charge on any atom is -0.339 e. The van der Waals surface area contributed by atoms with Gasteiger partial charge in [0, 0.05) is 37.8 Å². The van der Waals surface area contributed by atoms with Gasteiger partial charge in [0.25, 0.3) is 5.56 Å². The zero-order valence-electron chi connectivity index (χ0n) is 12.9. The van der Waals surface area contributed by atoms with Crippen LogP contribution in [0.4, 0.5) is 0 Å². The van der Waals surface area contributed by atoms with Crippen molar-refractivity contribution in [3.05, 3.63) is 46.9 Å². The summed E-state index contributed by atoms with van der Waals surface area (Å²) in [4.78, 5) is 29.0. The zero-order valence-corrected chi connectivity index (χ0v) is 12.9. The van der Waals surface area contributed by atoms with Crippen molar-refractivity contribution in [3.8, 4) is 0 Å². The van der Waals surface area contributed by atoms with Crippen LogP contribution < -0.4 is 5.56 Å². The number of benzene rings is 1. The van der Waals surface area contributed by atoms with Gasteiger partial charge in [-0.15, -0.1) is 0 Å². The van der Waals surface area contributed by atoms with Gasteiger partial charge in [-0.05, 0) is 24.1 Å². The Morgan fingerprint density at radius 1 is 1.09 bits per heavy atom. The monoisotopic (exact) mass is 299 g/mol. The maximum absolute atomic E-state index is 12.4. The number of carbonyl (C=O) groups is 1. The smallest absolute Gasteiger partial charge is 0.258 e. The molecular formula is C17H21N3O2. The molecule has 5 nitrogen and oxygen atoms in total. The van der Waals surface area contributed by atoms with Gasteiger partial charge in [-0.25, -0.2) is 0 Å². The summed E-state index contributed by atoms with van der Waals surface area (Å²) in [5, 5.41) is 1.57. The van der Waals surface area contributed by atoms with Crippen LogP contribution in [0.1, 0.15) is 6.92 Å². The third-order valence-electron chi connectivity index (χ3n) is 4.36. The van der Waals surface area contributed by atoms with Crippen LogP contribution in [0, 0.1) is 0 Å². The first kappa shape index (κ1) is 14.8. The van der Waals surface area contributed by atoms with E-state index in [4.69, 9.17) is 0 Å². The van der Waals surface area contributed by atoms with E-state index in [0.717, 1.165) is 38.1 Å². The Bertz CT molecular complexity index is 730. The average Bonchev–Trinajstić information content (AvgIpc) is 2.57. The number of aromatic nitrogens is 1. The number of pyridine rings is 1. The van der Waals surface area contributed by atoms with Crippen molar-refractivity contribution in [3.63, 3.8) is 0 Å². The minimum atomic E-state index is -0.0985. The number of fused-ring (bicyclic) bond motifs is 1. The Morgan fingerprint density at radius 2 is 1.82 bits per heavy atom. The number of amides is 1.